The second kappa shape index (κ2) is 6.56. The second-order valence-electron chi connectivity index (χ2n) is 5.36. The highest BCUT2D eigenvalue weighted by molar-refractivity contribution is 5.68. The Morgan fingerprint density at radius 3 is 2.38 bits per heavy atom. The van der Waals surface area contributed by atoms with Crippen LogP contribution in [0.2, 0.25) is 0 Å². The number of carbonyl (C=O) groups is 1. The van der Waals surface area contributed by atoms with Crippen molar-refractivity contribution in [3.05, 3.63) is 12.7 Å². The van der Waals surface area contributed by atoms with Gasteiger partial charge in [0.1, 0.15) is 5.60 Å². The van der Waals surface area contributed by atoms with Crippen LogP contribution in [0.15, 0.2) is 12.7 Å². The van der Waals surface area contributed by atoms with Gasteiger partial charge < -0.3 is 10.1 Å². The summed E-state index contributed by atoms with van der Waals surface area (Å²) in [4.78, 5) is 11.6. The number of hydrogen-bond donors (Lipinski definition) is 1. The molecule has 0 spiro atoms. The summed E-state index contributed by atoms with van der Waals surface area (Å²) < 4.78 is 5.22. The third kappa shape index (κ3) is 7.32. The molecule has 0 radical (unpaired) electrons. The zero-order valence-corrected chi connectivity index (χ0v) is 11.2. The molecule has 0 heterocycles. The Morgan fingerprint density at radius 2 is 2.00 bits per heavy atom. The van der Waals surface area contributed by atoms with Gasteiger partial charge in [-0.1, -0.05) is 19.9 Å². The first-order valence-corrected chi connectivity index (χ1v) is 5.86. The molecule has 0 saturated heterocycles. The van der Waals surface area contributed by atoms with Crippen molar-refractivity contribution >= 4 is 6.09 Å². The molecular weight excluding hydrogens is 202 g/mol. The third-order valence-corrected chi connectivity index (χ3v) is 2.19. The molecule has 0 aromatic heterocycles. The third-order valence-electron chi connectivity index (χ3n) is 2.19. The van der Waals surface area contributed by atoms with Crippen LogP contribution in [0, 0.1) is 5.92 Å². The lowest BCUT2D eigenvalue weighted by molar-refractivity contribution is 0.0487. The highest BCUT2D eigenvalue weighted by atomic mass is 16.6. The van der Waals surface area contributed by atoms with E-state index in [1.807, 2.05) is 26.8 Å². The summed E-state index contributed by atoms with van der Waals surface area (Å²) in [5, 5.41) is 2.90. The van der Waals surface area contributed by atoms with E-state index >= 15 is 0 Å². The first-order valence-electron chi connectivity index (χ1n) is 5.86. The maximum Gasteiger partial charge on any atom is 0.407 e. The maximum atomic E-state index is 11.6. The smallest absolute Gasteiger partial charge is 0.407 e. The molecule has 0 unspecified atom stereocenters. The molecule has 0 aromatic rings. The van der Waals surface area contributed by atoms with Gasteiger partial charge >= 0.3 is 6.09 Å². The molecule has 0 saturated carbocycles. The van der Waals surface area contributed by atoms with Crippen molar-refractivity contribution < 1.29 is 9.53 Å². The van der Waals surface area contributed by atoms with E-state index < -0.39 is 5.60 Å². The van der Waals surface area contributed by atoms with Crippen molar-refractivity contribution in [2.75, 3.05) is 0 Å². The first-order chi connectivity index (χ1) is 7.26. The Bertz CT molecular complexity index is 229. The molecule has 94 valence electrons. The highest BCUT2D eigenvalue weighted by Crippen LogP contribution is 2.11. The minimum Gasteiger partial charge on any atom is -0.444 e. The van der Waals surface area contributed by atoms with Crippen LogP contribution in [0.25, 0.3) is 0 Å². The van der Waals surface area contributed by atoms with E-state index in [-0.39, 0.29) is 12.1 Å². The largest absolute Gasteiger partial charge is 0.444 e. The van der Waals surface area contributed by atoms with Gasteiger partial charge in [0.25, 0.3) is 0 Å². The summed E-state index contributed by atoms with van der Waals surface area (Å²) in [5.74, 6) is 0.396. The average Bonchev–Trinajstić information content (AvgIpc) is 2.08. The fraction of sp³-hybridized carbons (Fsp3) is 0.769. The zero-order valence-electron chi connectivity index (χ0n) is 11.2. The molecule has 3 nitrogen and oxygen atoms in total. The molecule has 0 bridgehead atoms. The minimum atomic E-state index is -0.440. The maximum absolute atomic E-state index is 11.6. The number of carbonyl (C=O) groups excluding carboxylic acids is 1. The van der Waals surface area contributed by atoms with Gasteiger partial charge in [-0.2, -0.15) is 0 Å². The van der Waals surface area contributed by atoms with E-state index in [2.05, 4.69) is 25.7 Å². The number of alkyl carbamates (subject to hydrolysis) is 1. The van der Waals surface area contributed by atoms with E-state index in [9.17, 15) is 4.79 Å². The van der Waals surface area contributed by atoms with Crippen LogP contribution in [0.4, 0.5) is 4.79 Å². The van der Waals surface area contributed by atoms with E-state index in [4.69, 9.17) is 4.74 Å². The van der Waals surface area contributed by atoms with E-state index in [1.165, 1.54) is 0 Å². The summed E-state index contributed by atoms with van der Waals surface area (Å²) in [6.07, 6.45) is 3.33. The van der Waals surface area contributed by atoms with Gasteiger partial charge in [0.05, 0.1) is 0 Å². The molecule has 0 aliphatic rings. The molecule has 1 amide bonds. The van der Waals surface area contributed by atoms with Gasteiger partial charge in [-0.15, -0.1) is 6.58 Å². The zero-order chi connectivity index (χ0) is 12.8. The van der Waals surface area contributed by atoms with Gasteiger partial charge in [0, 0.05) is 6.04 Å². The summed E-state index contributed by atoms with van der Waals surface area (Å²) in [6, 6.07) is 0.146. The van der Waals surface area contributed by atoms with E-state index in [0.717, 1.165) is 12.8 Å². The predicted molar refractivity (Wildman–Crippen MR) is 67.4 cm³/mol. The SMILES string of the molecule is C=CCC[C@@H](NC(=O)OC(C)(C)C)C(C)C. The summed E-state index contributed by atoms with van der Waals surface area (Å²) in [5.41, 5.74) is -0.440. The van der Waals surface area contributed by atoms with Crippen molar-refractivity contribution in [2.24, 2.45) is 5.92 Å². The molecule has 0 rings (SSSR count). The first kappa shape index (κ1) is 15.0. The molecule has 16 heavy (non-hydrogen) atoms. The van der Waals surface area contributed by atoms with Gasteiger partial charge in [0.15, 0.2) is 0 Å². The Labute approximate surface area is 99.3 Å². The number of hydrogen-bond acceptors (Lipinski definition) is 2. The van der Waals surface area contributed by atoms with Crippen LogP contribution < -0.4 is 5.32 Å². The van der Waals surface area contributed by atoms with E-state index in [1.54, 1.807) is 0 Å². The van der Waals surface area contributed by atoms with Crippen LogP contribution >= 0.6 is 0 Å². The van der Waals surface area contributed by atoms with Gasteiger partial charge in [-0.3, -0.25) is 0 Å². The number of allylic oxidation sites excluding steroid dienone is 1. The minimum absolute atomic E-state index is 0.146. The summed E-state index contributed by atoms with van der Waals surface area (Å²) in [7, 11) is 0. The standard InChI is InChI=1S/C13H25NO2/c1-7-8-9-11(10(2)3)14-12(15)16-13(4,5)6/h7,10-11H,1,8-9H2,2-6H3,(H,14,15)/t11-/m1/s1. The lowest BCUT2D eigenvalue weighted by Crippen LogP contribution is -2.41. The lowest BCUT2D eigenvalue weighted by atomic mass is 9.99. The topological polar surface area (TPSA) is 38.3 Å². The average molecular weight is 227 g/mol. The lowest BCUT2D eigenvalue weighted by Gasteiger charge is -2.25. The van der Waals surface area contributed by atoms with E-state index in [0.29, 0.717) is 5.92 Å². The van der Waals surface area contributed by atoms with Crippen molar-refractivity contribution in [2.45, 2.75) is 59.1 Å². The number of ether oxygens (including phenoxy) is 1. The van der Waals surface area contributed by atoms with Crippen molar-refractivity contribution in [3.8, 4) is 0 Å². The number of amides is 1. The van der Waals surface area contributed by atoms with Crippen LogP contribution in [0.5, 0.6) is 0 Å². The molecule has 0 aliphatic carbocycles. The van der Waals surface area contributed by atoms with Gasteiger partial charge in [0.2, 0.25) is 0 Å². The van der Waals surface area contributed by atoms with Crippen molar-refractivity contribution in [3.63, 3.8) is 0 Å². The summed E-state index contributed by atoms with van der Waals surface area (Å²) in [6.45, 7) is 13.4. The van der Waals surface area contributed by atoms with Crippen molar-refractivity contribution in [1.29, 1.82) is 0 Å². The van der Waals surface area contributed by atoms with Crippen LogP contribution in [0.3, 0.4) is 0 Å². The Balaban J connectivity index is 4.18. The number of rotatable bonds is 5. The van der Waals surface area contributed by atoms with Crippen LogP contribution in [-0.2, 0) is 4.74 Å². The molecular formula is C13H25NO2. The van der Waals surface area contributed by atoms with Gasteiger partial charge in [-0.25, -0.2) is 4.79 Å². The van der Waals surface area contributed by atoms with Gasteiger partial charge in [-0.05, 0) is 39.5 Å². The fourth-order valence-electron chi connectivity index (χ4n) is 1.33. The Hall–Kier alpha value is -0.990. The molecule has 3 heteroatoms. The van der Waals surface area contributed by atoms with Crippen molar-refractivity contribution in [1.82, 2.24) is 5.32 Å². The number of nitrogens with one attached hydrogen (secondary N) is 1. The van der Waals surface area contributed by atoms with Crippen LogP contribution in [-0.4, -0.2) is 17.7 Å². The Kier molecular flexibility index (Phi) is 6.16. The molecule has 1 N–H and O–H groups in total. The Morgan fingerprint density at radius 1 is 1.44 bits per heavy atom. The predicted octanol–water partition coefficient (Wildman–Crippen LogP) is 3.50. The monoisotopic (exact) mass is 227 g/mol. The molecule has 0 aromatic carbocycles. The molecule has 0 fully saturated rings. The second-order valence-corrected chi connectivity index (χ2v) is 5.36. The quantitative estimate of drug-likeness (QED) is 0.730. The highest BCUT2D eigenvalue weighted by Gasteiger charge is 2.20. The summed E-state index contributed by atoms with van der Waals surface area (Å²) >= 11 is 0. The van der Waals surface area contributed by atoms with Crippen LogP contribution in [0.1, 0.15) is 47.5 Å². The fourth-order valence-corrected chi connectivity index (χ4v) is 1.33. The molecule has 0 aliphatic heterocycles. The normalized spacial score (nSPS) is 13.4. The molecule has 1 atom stereocenters.